The predicted octanol–water partition coefficient (Wildman–Crippen LogP) is 6.29. The zero-order valence-corrected chi connectivity index (χ0v) is 18.9. The summed E-state index contributed by atoms with van der Waals surface area (Å²) in [6.07, 6.45) is 0.968. The highest BCUT2D eigenvalue weighted by Gasteiger charge is 2.17. The topological polar surface area (TPSA) is 55.5 Å². The predicted molar refractivity (Wildman–Crippen MR) is 129 cm³/mol. The summed E-state index contributed by atoms with van der Waals surface area (Å²) in [4.78, 5) is 6.54. The van der Waals surface area contributed by atoms with Crippen molar-refractivity contribution in [2.45, 2.75) is 13.3 Å². The van der Waals surface area contributed by atoms with Gasteiger partial charge < -0.3 is 9.64 Å². The molecule has 0 atom stereocenters. The molecular formula is C25H21ClFN5O. The van der Waals surface area contributed by atoms with Gasteiger partial charge in [0.05, 0.1) is 12.1 Å². The largest absolute Gasteiger partial charge is 0.494 e. The van der Waals surface area contributed by atoms with E-state index < -0.39 is 0 Å². The van der Waals surface area contributed by atoms with Crippen LogP contribution >= 0.6 is 11.6 Å². The van der Waals surface area contributed by atoms with Crippen molar-refractivity contribution in [3.8, 4) is 16.9 Å². The first-order valence-electron chi connectivity index (χ1n) is 10.6. The molecule has 33 heavy (non-hydrogen) atoms. The Morgan fingerprint density at radius 1 is 1.00 bits per heavy atom. The van der Waals surface area contributed by atoms with E-state index in [4.69, 9.17) is 16.3 Å². The monoisotopic (exact) mass is 461 g/mol. The lowest BCUT2D eigenvalue weighted by atomic mass is 10.0. The molecule has 0 aliphatic rings. The number of hydrogen-bond acceptors (Lipinski definition) is 5. The molecule has 0 N–H and O–H groups in total. The molecule has 3 aromatic carbocycles. The van der Waals surface area contributed by atoms with Crippen LogP contribution in [0, 0.1) is 5.82 Å². The molecule has 0 saturated carbocycles. The Labute approximate surface area is 195 Å². The molecule has 8 heteroatoms. The van der Waals surface area contributed by atoms with Crippen molar-refractivity contribution in [3.63, 3.8) is 0 Å². The zero-order valence-electron chi connectivity index (χ0n) is 18.2. The zero-order chi connectivity index (χ0) is 22.9. The number of rotatable bonds is 6. The van der Waals surface area contributed by atoms with Crippen molar-refractivity contribution in [1.29, 1.82) is 0 Å². The highest BCUT2D eigenvalue weighted by Crippen LogP contribution is 2.33. The van der Waals surface area contributed by atoms with E-state index in [0.717, 1.165) is 29.0 Å². The number of nitrogens with zero attached hydrogens (tertiary/aromatic N) is 5. The summed E-state index contributed by atoms with van der Waals surface area (Å²) in [5.41, 5.74) is 3.69. The maximum absolute atomic E-state index is 14.2. The van der Waals surface area contributed by atoms with Crippen LogP contribution in [0.3, 0.4) is 0 Å². The van der Waals surface area contributed by atoms with E-state index in [1.807, 2.05) is 54.4 Å². The number of fused-ring (bicyclic) bond motifs is 3. The molecule has 0 saturated heterocycles. The van der Waals surface area contributed by atoms with E-state index in [1.54, 1.807) is 10.5 Å². The van der Waals surface area contributed by atoms with E-state index in [9.17, 15) is 4.39 Å². The summed E-state index contributed by atoms with van der Waals surface area (Å²) >= 11 is 6.20. The summed E-state index contributed by atoms with van der Waals surface area (Å²) < 4.78 is 21.5. The van der Waals surface area contributed by atoms with Crippen LogP contribution in [0.5, 0.6) is 5.75 Å². The third-order valence-corrected chi connectivity index (χ3v) is 5.71. The van der Waals surface area contributed by atoms with Crippen molar-refractivity contribution in [3.05, 3.63) is 77.8 Å². The van der Waals surface area contributed by atoms with Gasteiger partial charge >= 0.3 is 0 Å². The normalized spacial score (nSPS) is 11.3. The van der Waals surface area contributed by atoms with Gasteiger partial charge in [-0.1, -0.05) is 31.2 Å². The first-order valence-corrected chi connectivity index (χ1v) is 11.0. The smallest absolute Gasteiger partial charge is 0.258 e. The molecule has 0 amide bonds. The Bertz CT molecular complexity index is 1450. The van der Waals surface area contributed by atoms with Crippen molar-refractivity contribution >= 4 is 39.8 Å². The number of aromatic nitrogens is 4. The lowest BCUT2D eigenvalue weighted by Gasteiger charge is -2.21. The minimum Gasteiger partial charge on any atom is -0.494 e. The van der Waals surface area contributed by atoms with E-state index in [0.29, 0.717) is 29.1 Å². The third-order valence-electron chi connectivity index (χ3n) is 5.46. The Balaban J connectivity index is 1.56. The van der Waals surface area contributed by atoms with Gasteiger partial charge in [0, 0.05) is 18.1 Å². The second kappa shape index (κ2) is 8.67. The number of hydrogen-bond donors (Lipinski definition) is 0. The van der Waals surface area contributed by atoms with E-state index in [2.05, 4.69) is 28.2 Å². The summed E-state index contributed by atoms with van der Waals surface area (Å²) in [5, 5.41) is 8.76. The van der Waals surface area contributed by atoms with Crippen LogP contribution in [0.4, 0.5) is 15.9 Å². The fraction of sp³-hybridized carbons (Fsp3) is 0.160. The molecule has 0 bridgehead atoms. The Morgan fingerprint density at radius 2 is 1.82 bits per heavy atom. The van der Waals surface area contributed by atoms with Crippen LogP contribution in [0.25, 0.3) is 27.8 Å². The minimum absolute atomic E-state index is 0.177. The number of anilines is 2. The van der Waals surface area contributed by atoms with Gasteiger partial charge in [0.15, 0.2) is 0 Å². The molecule has 166 valence electrons. The van der Waals surface area contributed by atoms with Crippen LogP contribution in [0.1, 0.15) is 13.3 Å². The van der Waals surface area contributed by atoms with Crippen LogP contribution in [0.2, 0.25) is 5.28 Å². The molecule has 0 radical (unpaired) electrons. The summed E-state index contributed by atoms with van der Waals surface area (Å²) in [5.74, 6) is 1.40. The number of halogens is 2. The quantitative estimate of drug-likeness (QED) is 0.297. The van der Waals surface area contributed by atoms with Gasteiger partial charge in [0.2, 0.25) is 5.28 Å². The molecule has 2 heterocycles. The average molecular weight is 462 g/mol. The molecule has 0 unspecified atom stereocenters. The van der Waals surface area contributed by atoms with E-state index in [1.165, 1.54) is 12.1 Å². The standard InChI is InChI=1S/C25H21ClFN5O/c1-3-13-33-20-10-7-16(8-11-20)17-5-4-6-19(14-17)31(2)23-21-15-18(27)9-12-22(21)32-24(26)29-30-25(32)28-23/h4-12,14-15H,3,13H2,1-2H3. The first-order chi connectivity index (χ1) is 16.0. The molecule has 5 aromatic rings. The van der Waals surface area contributed by atoms with Gasteiger partial charge in [0.1, 0.15) is 17.4 Å². The van der Waals surface area contributed by atoms with Gasteiger partial charge in [-0.15, -0.1) is 10.2 Å². The molecule has 0 aliphatic heterocycles. The van der Waals surface area contributed by atoms with Gasteiger partial charge in [-0.25, -0.2) is 8.79 Å². The van der Waals surface area contributed by atoms with E-state index in [-0.39, 0.29) is 11.1 Å². The molecule has 6 nitrogen and oxygen atoms in total. The maximum Gasteiger partial charge on any atom is 0.258 e. The van der Waals surface area contributed by atoms with E-state index >= 15 is 0 Å². The summed E-state index contributed by atoms with van der Waals surface area (Å²) in [6, 6.07) is 20.6. The van der Waals surface area contributed by atoms with Gasteiger partial charge in [-0.3, -0.25) is 0 Å². The fourth-order valence-electron chi connectivity index (χ4n) is 3.81. The molecule has 2 aromatic heterocycles. The number of benzene rings is 3. The molecule has 0 fully saturated rings. The van der Waals surface area contributed by atoms with Crippen molar-refractivity contribution in [2.24, 2.45) is 0 Å². The number of ether oxygens (including phenoxy) is 1. The maximum atomic E-state index is 14.2. The highest BCUT2D eigenvalue weighted by molar-refractivity contribution is 6.29. The Morgan fingerprint density at radius 3 is 2.61 bits per heavy atom. The Kier molecular flexibility index (Phi) is 5.56. The lowest BCUT2D eigenvalue weighted by molar-refractivity contribution is 0.317. The first kappa shape index (κ1) is 21.2. The van der Waals surface area contributed by atoms with Crippen LogP contribution in [0.15, 0.2) is 66.7 Å². The van der Waals surface area contributed by atoms with Crippen LogP contribution in [-0.2, 0) is 0 Å². The average Bonchev–Trinajstić information content (AvgIpc) is 3.22. The minimum atomic E-state index is -0.360. The SMILES string of the molecule is CCCOc1ccc(-c2cccc(N(C)c3nc4nnc(Cl)n4c4ccc(F)cc34)c2)cc1. The Hall–Kier alpha value is -3.71. The fourth-order valence-corrected chi connectivity index (χ4v) is 4.01. The highest BCUT2D eigenvalue weighted by atomic mass is 35.5. The molecular weight excluding hydrogens is 441 g/mol. The lowest BCUT2D eigenvalue weighted by Crippen LogP contribution is -2.13. The molecule has 5 rings (SSSR count). The molecule has 0 aliphatic carbocycles. The van der Waals surface area contributed by atoms with Crippen LogP contribution < -0.4 is 9.64 Å². The van der Waals surface area contributed by atoms with Gasteiger partial charge in [0.25, 0.3) is 5.78 Å². The van der Waals surface area contributed by atoms with Gasteiger partial charge in [-0.2, -0.15) is 4.98 Å². The second-order valence-electron chi connectivity index (χ2n) is 7.68. The summed E-state index contributed by atoms with van der Waals surface area (Å²) in [7, 11) is 1.89. The summed E-state index contributed by atoms with van der Waals surface area (Å²) in [6.45, 7) is 2.78. The van der Waals surface area contributed by atoms with Gasteiger partial charge in [-0.05, 0) is 71.6 Å². The third kappa shape index (κ3) is 3.96. The van der Waals surface area contributed by atoms with Crippen molar-refractivity contribution in [1.82, 2.24) is 19.6 Å². The van der Waals surface area contributed by atoms with Crippen LogP contribution in [-0.4, -0.2) is 33.2 Å². The van der Waals surface area contributed by atoms with Crippen molar-refractivity contribution in [2.75, 3.05) is 18.6 Å². The second-order valence-corrected chi connectivity index (χ2v) is 8.02. The van der Waals surface area contributed by atoms with Crippen molar-refractivity contribution < 1.29 is 9.13 Å². The molecule has 0 spiro atoms.